The zero-order valence-corrected chi connectivity index (χ0v) is 19.0. The molecule has 0 atom stereocenters. The summed E-state index contributed by atoms with van der Waals surface area (Å²) < 4.78 is 10.4. The highest BCUT2D eigenvalue weighted by Gasteiger charge is 2.22. The van der Waals surface area contributed by atoms with Gasteiger partial charge in [0.2, 0.25) is 0 Å². The van der Waals surface area contributed by atoms with Crippen LogP contribution in [0.5, 0.6) is 23.0 Å². The summed E-state index contributed by atoms with van der Waals surface area (Å²) in [5.41, 5.74) is 2.31. The lowest BCUT2D eigenvalue weighted by molar-refractivity contribution is 0.100. The first kappa shape index (κ1) is 23.6. The molecule has 32 heavy (non-hydrogen) atoms. The number of phenolic OH excluding ortho intramolecular Hbond substituents is 2. The van der Waals surface area contributed by atoms with Crippen LogP contribution < -0.4 is 9.47 Å². The fourth-order valence-electron chi connectivity index (χ4n) is 3.88. The van der Waals surface area contributed by atoms with E-state index in [9.17, 15) is 19.8 Å². The van der Waals surface area contributed by atoms with E-state index in [1.54, 1.807) is 24.3 Å². The smallest absolute Gasteiger partial charge is 0.162 e. The number of ether oxygens (including phenoxy) is 2. The van der Waals surface area contributed by atoms with Crippen LogP contribution in [0.15, 0.2) is 24.3 Å². The van der Waals surface area contributed by atoms with Crippen molar-refractivity contribution in [2.24, 2.45) is 0 Å². The van der Waals surface area contributed by atoms with Crippen LogP contribution in [0.25, 0.3) is 0 Å². The third kappa shape index (κ3) is 5.20. The summed E-state index contributed by atoms with van der Waals surface area (Å²) in [4.78, 5) is 28.0. The number of carbonyl (C=O) groups is 2. The molecule has 1 aliphatic heterocycles. The van der Waals surface area contributed by atoms with Crippen molar-refractivity contribution in [3.8, 4) is 23.0 Å². The molecule has 1 aliphatic rings. The molecule has 8 heteroatoms. The number of carbonyl (C=O) groups excluding carboxylic acids is 2. The van der Waals surface area contributed by atoms with E-state index in [2.05, 4.69) is 9.80 Å². The first-order valence-corrected chi connectivity index (χ1v) is 10.5. The van der Waals surface area contributed by atoms with Crippen molar-refractivity contribution in [3.63, 3.8) is 0 Å². The standard InChI is InChI=1S/C24H30N2O6/c1-15(27)17-9-19(23(29)21(11-17)31-3)13-25-5-7-26(8-6-25)14-20-10-18(16(2)28)12-22(32-4)24(20)30/h9-12,29-30H,5-8,13-14H2,1-4H3. The molecule has 8 nitrogen and oxygen atoms in total. The molecule has 0 amide bonds. The Bertz CT molecular complexity index is 931. The number of aromatic hydroxyl groups is 2. The van der Waals surface area contributed by atoms with Gasteiger partial charge in [0.15, 0.2) is 34.6 Å². The number of piperazine rings is 1. The molecule has 0 bridgehead atoms. The third-order valence-corrected chi connectivity index (χ3v) is 5.81. The van der Waals surface area contributed by atoms with Crippen LogP contribution in [-0.2, 0) is 13.1 Å². The van der Waals surface area contributed by atoms with Gasteiger partial charge in [-0.1, -0.05) is 0 Å². The van der Waals surface area contributed by atoms with Gasteiger partial charge in [-0.25, -0.2) is 0 Å². The summed E-state index contributed by atoms with van der Waals surface area (Å²) in [6.45, 7) is 6.95. The SMILES string of the molecule is COc1cc(C(C)=O)cc(CN2CCN(Cc3cc(C(C)=O)cc(OC)c3O)CC2)c1O. The number of ketones is 2. The maximum Gasteiger partial charge on any atom is 0.162 e. The number of hydrogen-bond acceptors (Lipinski definition) is 8. The summed E-state index contributed by atoms with van der Waals surface area (Å²) in [6, 6.07) is 6.53. The summed E-state index contributed by atoms with van der Waals surface area (Å²) in [5.74, 6) is 0.521. The predicted molar refractivity (Wildman–Crippen MR) is 120 cm³/mol. The zero-order chi connectivity index (χ0) is 23.4. The molecular formula is C24H30N2O6. The highest BCUT2D eigenvalue weighted by molar-refractivity contribution is 5.95. The van der Waals surface area contributed by atoms with Crippen LogP contribution in [0.3, 0.4) is 0 Å². The zero-order valence-electron chi connectivity index (χ0n) is 19.0. The average molecular weight is 443 g/mol. The Morgan fingerprint density at radius 2 is 1.09 bits per heavy atom. The fourth-order valence-corrected chi connectivity index (χ4v) is 3.88. The van der Waals surface area contributed by atoms with E-state index in [0.717, 1.165) is 26.2 Å². The van der Waals surface area contributed by atoms with Gasteiger partial charge in [0.1, 0.15) is 0 Å². The number of methoxy groups -OCH3 is 2. The monoisotopic (exact) mass is 442 g/mol. The molecular weight excluding hydrogens is 412 g/mol. The van der Waals surface area contributed by atoms with E-state index >= 15 is 0 Å². The second kappa shape index (κ2) is 10.0. The Balaban J connectivity index is 1.68. The molecule has 2 N–H and O–H groups in total. The fraction of sp³-hybridized carbons (Fsp3) is 0.417. The number of phenols is 2. The molecule has 2 aromatic carbocycles. The lowest BCUT2D eigenvalue weighted by atomic mass is 10.0. The Morgan fingerprint density at radius 1 is 0.750 bits per heavy atom. The van der Waals surface area contributed by atoms with E-state index in [0.29, 0.717) is 46.8 Å². The van der Waals surface area contributed by atoms with Crippen LogP contribution in [0.1, 0.15) is 45.7 Å². The van der Waals surface area contributed by atoms with Crippen molar-refractivity contribution in [1.82, 2.24) is 9.80 Å². The molecule has 1 heterocycles. The minimum atomic E-state index is -0.0857. The quantitative estimate of drug-likeness (QED) is 0.602. The van der Waals surface area contributed by atoms with Crippen molar-refractivity contribution < 1.29 is 29.3 Å². The number of Topliss-reactive ketones (excluding diaryl/α,β-unsaturated/α-hetero) is 2. The minimum Gasteiger partial charge on any atom is -0.504 e. The van der Waals surface area contributed by atoms with Gasteiger partial charge in [0.05, 0.1) is 14.2 Å². The third-order valence-electron chi connectivity index (χ3n) is 5.81. The lowest BCUT2D eigenvalue weighted by Gasteiger charge is -2.35. The number of nitrogens with zero attached hydrogens (tertiary/aromatic N) is 2. The average Bonchev–Trinajstić information content (AvgIpc) is 2.77. The van der Waals surface area contributed by atoms with E-state index in [1.807, 2.05) is 0 Å². The van der Waals surface area contributed by atoms with Crippen molar-refractivity contribution in [2.75, 3.05) is 40.4 Å². The number of benzene rings is 2. The highest BCUT2D eigenvalue weighted by atomic mass is 16.5. The topological polar surface area (TPSA) is 99.5 Å². The van der Waals surface area contributed by atoms with E-state index in [4.69, 9.17) is 9.47 Å². The van der Waals surface area contributed by atoms with Crippen molar-refractivity contribution in [1.29, 1.82) is 0 Å². The van der Waals surface area contributed by atoms with Gasteiger partial charge in [-0.3, -0.25) is 19.4 Å². The van der Waals surface area contributed by atoms with Crippen molar-refractivity contribution in [3.05, 3.63) is 46.5 Å². The van der Waals surface area contributed by atoms with Gasteiger partial charge in [-0.05, 0) is 38.1 Å². The molecule has 1 fully saturated rings. The largest absolute Gasteiger partial charge is 0.504 e. The van der Waals surface area contributed by atoms with E-state index < -0.39 is 0 Å². The Labute approximate surface area is 188 Å². The first-order chi connectivity index (χ1) is 15.2. The van der Waals surface area contributed by atoms with Gasteiger partial charge in [-0.15, -0.1) is 0 Å². The van der Waals surface area contributed by atoms with Gasteiger partial charge in [0.25, 0.3) is 0 Å². The van der Waals surface area contributed by atoms with Gasteiger partial charge < -0.3 is 19.7 Å². The van der Waals surface area contributed by atoms with Crippen molar-refractivity contribution >= 4 is 11.6 Å². The Morgan fingerprint density at radius 3 is 1.38 bits per heavy atom. The van der Waals surface area contributed by atoms with Gasteiger partial charge >= 0.3 is 0 Å². The maximum absolute atomic E-state index is 11.8. The molecule has 2 aromatic rings. The normalized spacial score (nSPS) is 14.9. The van der Waals surface area contributed by atoms with Crippen LogP contribution >= 0.6 is 0 Å². The lowest BCUT2D eigenvalue weighted by Crippen LogP contribution is -2.45. The summed E-state index contributed by atoms with van der Waals surface area (Å²) in [6.07, 6.45) is 0. The second-order valence-corrected chi connectivity index (χ2v) is 8.04. The molecule has 172 valence electrons. The molecule has 0 aliphatic carbocycles. The molecule has 1 saturated heterocycles. The Hall–Kier alpha value is -3.10. The van der Waals surface area contributed by atoms with Gasteiger partial charge in [0, 0.05) is 61.5 Å². The van der Waals surface area contributed by atoms with Crippen LogP contribution in [0.2, 0.25) is 0 Å². The van der Waals surface area contributed by atoms with Crippen LogP contribution in [0.4, 0.5) is 0 Å². The predicted octanol–water partition coefficient (Wildman–Crippen LogP) is 2.84. The van der Waals surface area contributed by atoms with E-state index in [1.165, 1.54) is 28.1 Å². The molecule has 0 aromatic heterocycles. The number of rotatable bonds is 8. The number of hydrogen-bond donors (Lipinski definition) is 2. The first-order valence-electron chi connectivity index (χ1n) is 10.5. The minimum absolute atomic E-state index is 0.0537. The van der Waals surface area contributed by atoms with Crippen molar-refractivity contribution in [2.45, 2.75) is 26.9 Å². The van der Waals surface area contributed by atoms with E-state index in [-0.39, 0.29) is 23.1 Å². The molecule has 0 saturated carbocycles. The molecule has 0 unspecified atom stereocenters. The summed E-state index contributed by atoms with van der Waals surface area (Å²) in [7, 11) is 2.93. The van der Waals surface area contributed by atoms with Gasteiger partial charge in [-0.2, -0.15) is 0 Å². The molecule has 0 radical (unpaired) electrons. The maximum atomic E-state index is 11.8. The highest BCUT2D eigenvalue weighted by Crippen LogP contribution is 2.34. The summed E-state index contributed by atoms with van der Waals surface area (Å²) in [5, 5.41) is 21.0. The molecule has 3 rings (SSSR count). The molecule has 0 spiro atoms. The Kier molecular flexibility index (Phi) is 7.37. The van der Waals surface area contributed by atoms with Crippen LogP contribution in [-0.4, -0.2) is 72.0 Å². The van der Waals surface area contributed by atoms with Crippen LogP contribution in [0, 0.1) is 0 Å². The second-order valence-electron chi connectivity index (χ2n) is 8.04. The summed E-state index contributed by atoms with van der Waals surface area (Å²) >= 11 is 0.